The SMILES string of the molecule is CCOC(=O)C(CCCC(C)I)c1ccccc1. The molecule has 0 aromatic heterocycles. The molecule has 2 atom stereocenters. The van der Waals surface area contributed by atoms with E-state index in [1.807, 2.05) is 37.3 Å². The van der Waals surface area contributed by atoms with Gasteiger partial charge in [0.25, 0.3) is 0 Å². The topological polar surface area (TPSA) is 26.3 Å². The fourth-order valence-corrected chi connectivity index (χ4v) is 2.39. The highest BCUT2D eigenvalue weighted by Gasteiger charge is 2.21. The van der Waals surface area contributed by atoms with Crippen LogP contribution in [0.25, 0.3) is 0 Å². The van der Waals surface area contributed by atoms with E-state index in [1.165, 1.54) is 0 Å². The van der Waals surface area contributed by atoms with E-state index in [2.05, 4.69) is 29.5 Å². The molecule has 0 aliphatic rings. The highest BCUT2D eigenvalue weighted by atomic mass is 127. The quantitative estimate of drug-likeness (QED) is 0.411. The summed E-state index contributed by atoms with van der Waals surface area (Å²) < 4.78 is 5.83. The number of alkyl halides is 1. The van der Waals surface area contributed by atoms with Gasteiger partial charge in [0.2, 0.25) is 0 Å². The molecule has 2 nitrogen and oxygen atoms in total. The van der Waals surface area contributed by atoms with Crippen molar-refractivity contribution in [3.05, 3.63) is 35.9 Å². The lowest BCUT2D eigenvalue weighted by atomic mass is 9.93. The molecule has 2 unspecified atom stereocenters. The minimum Gasteiger partial charge on any atom is -0.466 e. The molecule has 0 saturated carbocycles. The maximum Gasteiger partial charge on any atom is 0.313 e. The number of benzene rings is 1. The Kier molecular flexibility index (Phi) is 7.32. The minimum absolute atomic E-state index is 0.0928. The van der Waals surface area contributed by atoms with Crippen molar-refractivity contribution < 1.29 is 9.53 Å². The van der Waals surface area contributed by atoms with Crippen LogP contribution in [-0.2, 0) is 9.53 Å². The van der Waals surface area contributed by atoms with E-state index in [0.29, 0.717) is 10.5 Å². The van der Waals surface area contributed by atoms with Crippen molar-refractivity contribution in [1.82, 2.24) is 0 Å². The maximum atomic E-state index is 12.0. The third kappa shape index (κ3) is 5.38. The molecule has 18 heavy (non-hydrogen) atoms. The van der Waals surface area contributed by atoms with Gasteiger partial charge in [-0.1, -0.05) is 66.3 Å². The molecule has 1 aromatic carbocycles. The van der Waals surface area contributed by atoms with Crippen LogP contribution in [0.15, 0.2) is 30.3 Å². The summed E-state index contributed by atoms with van der Waals surface area (Å²) in [5.74, 6) is -0.203. The van der Waals surface area contributed by atoms with Crippen LogP contribution in [0, 0.1) is 0 Å². The molecule has 0 spiro atoms. The summed E-state index contributed by atoms with van der Waals surface area (Å²) in [6.45, 7) is 4.50. The molecule has 3 heteroatoms. The van der Waals surface area contributed by atoms with E-state index in [-0.39, 0.29) is 11.9 Å². The number of esters is 1. The average molecular weight is 360 g/mol. The number of hydrogen-bond acceptors (Lipinski definition) is 2. The van der Waals surface area contributed by atoms with Gasteiger partial charge in [0, 0.05) is 3.92 Å². The van der Waals surface area contributed by atoms with E-state index in [0.717, 1.165) is 24.8 Å². The fraction of sp³-hybridized carbons (Fsp3) is 0.533. The van der Waals surface area contributed by atoms with Crippen molar-refractivity contribution in [2.24, 2.45) is 0 Å². The number of ether oxygens (including phenoxy) is 1. The lowest BCUT2D eigenvalue weighted by Crippen LogP contribution is -2.16. The van der Waals surface area contributed by atoms with Gasteiger partial charge in [0.1, 0.15) is 0 Å². The van der Waals surface area contributed by atoms with Crippen LogP contribution in [0.1, 0.15) is 44.6 Å². The van der Waals surface area contributed by atoms with Gasteiger partial charge in [-0.15, -0.1) is 0 Å². The van der Waals surface area contributed by atoms with E-state index < -0.39 is 0 Å². The van der Waals surface area contributed by atoms with Gasteiger partial charge >= 0.3 is 5.97 Å². The van der Waals surface area contributed by atoms with Crippen molar-refractivity contribution in [2.75, 3.05) is 6.61 Å². The second kappa shape index (κ2) is 8.51. The number of carbonyl (C=O) groups excluding carboxylic acids is 1. The van der Waals surface area contributed by atoms with Crippen molar-refractivity contribution in [1.29, 1.82) is 0 Å². The molecule has 1 aromatic rings. The largest absolute Gasteiger partial charge is 0.466 e. The average Bonchev–Trinajstić information content (AvgIpc) is 2.35. The Hall–Kier alpha value is -0.580. The normalized spacial score (nSPS) is 13.9. The molecular formula is C15H21IO2. The van der Waals surface area contributed by atoms with Crippen LogP contribution >= 0.6 is 22.6 Å². The molecule has 100 valence electrons. The van der Waals surface area contributed by atoms with E-state index >= 15 is 0 Å². The second-order valence-corrected chi connectivity index (χ2v) is 6.55. The van der Waals surface area contributed by atoms with Crippen LogP contribution in [0.5, 0.6) is 0 Å². The third-order valence-electron chi connectivity index (χ3n) is 2.87. The second-order valence-electron chi connectivity index (χ2n) is 4.43. The first kappa shape index (κ1) is 15.5. The molecule has 0 heterocycles. The molecule has 0 amide bonds. The number of halogens is 1. The molecule has 0 aliphatic carbocycles. The number of rotatable bonds is 7. The van der Waals surface area contributed by atoms with Crippen LogP contribution in [0.4, 0.5) is 0 Å². The maximum absolute atomic E-state index is 12.0. The molecule has 0 bridgehead atoms. The predicted octanol–water partition coefficient (Wildman–Crippen LogP) is 4.33. The summed E-state index contributed by atoms with van der Waals surface area (Å²) in [6, 6.07) is 9.94. The molecule has 0 aliphatic heterocycles. The summed E-state index contributed by atoms with van der Waals surface area (Å²) in [5, 5.41) is 0. The smallest absolute Gasteiger partial charge is 0.313 e. The lowest BCUT2D eigenvalue weighted by Gasteiger charge is -2.16. The standard InChI is InChI=1S/C15H21IO2/c1-3-18-15(17)14(11-7-8-12(2)16)13-9-5-4-6-10-13/h4-6,9-10,12,14H,3,7-8,11H2,1-2H3. The van der Waals surface area contributed by atoms with Gasteiger partial charge in [-0.05, 0) is 25.3 Å². The molecular weight excluding hydrogens is 339 g/mol. The Bertz CT molecular complexity index is 349. The Labute approximate surface area is 123 Å². The van der Waals surface area contributed by atoms with E-state index in [9.17, 15) is 4.79 Å². The van der Waals surface area contributed by atoms with Gasteiger partial charge in [0.05, 0.1) is 12.5 Å². The summed E-state index contributed by atoms with van der Waals surface area (Å²) in [7, 11) is 0. The van der Waals surface area contributed by atoms with Crippen molar-refractivity contribution in [2.45, 2.75) is 43.0 Å². The van der Waals surface area contributed by atoms with E-state index in [4.69, 9.17) is 4.74 Å². The monoisotopic (exact) mass is 360 g/mol. The van der Waals surface area contributed by atoms with Crippen molar-refractivity contribution >= 4 is 28.6 Å². The Morgan fingerprint density at radius 2 is 1.94 bits per heavy atom. The highest BCUT2D eigenvalue weighted by molar-refractivity contribution is 14.1. The molecule has 1 rings (SSSR count). The number of hydrogen-bond donors (Lipinski definition) is 0. The number of carbonyl (C=O) groups is 1. The third-order valence-corrected chi connectivity index (χ3v) is 3.49. The fourth-order valence-electron chi connectivity index (χ4n) is 1.95. The summed E-state index contributed by atoms with van der Waals surface area (Å²) in [5.41, 5.74) is 1.07. The zero-order valence-corrected chi connectivity index (χ0v) is 13.2. The van der Waals surface area contributed by atoms with E-state index in [1.54, 1.807) is 0 Å². The highest BCUT2D eigenvalue weighted by Crippen LogP contribution is 2.24. The van der Waals surface area contributed by atoms with Gasteiger partial charge in [0.15, 0.2) is 0 Å². The van der Waals surface area contributed by atoms with Gasteiger partial charge in [-0.2, -0.15) is 0 Å². The summed E-state index contributed by atoms with van der Waals surface area (Å²) in [4.78, 5) is 12.0. The first-order chi connectivity index (χ1) is 8.65. The first-order valence-electron chi connectivity index (χ1n) is 6.50. The molecule has 0 fully saturated rings. The van der Waals surface area contributed by atoms with Gasteiger partial charge in [-0.3, -0.25) is 4.79 Å². The molecule has 0 N–H and O–H groups in total. The lowest BCUT2D eigenvalue weighted by molar-refractivity contribution is -0.145. The zero-order chi connectivity index (χ0) is 13.4. The van der Waals surface area contributed by atoms with Crippen LogP contribution in [0.3, 0.4) is 0 Å². The van der Waals surface area contributed by atoms with Crippen LogP contribution in [0.2, 0.25) is 0 Å². The van der Waals surface area contributed by atoms with Crippen LogP contribution in [-0.4, -0.2) is 16.5 Å². The Morgan fingerprint density at radius 3 is 2.50 bits per heavy atom. The minimum atomic E-state index is -0.110. The van der Waals surface area contributed by atoms with Crippen molar-refractivity contribution in [3.8, 4) is 0 Å². The van der Waals surface area contributed by atoms with Gasteiger partial charge in [-0.25, -0.2) is 0 Å². The zero-order valence-electron chi connectivity index (χ0n) is 11.1. The first-order valence-corrected chi connectivity index (χ1v) is 7.75. The predicted molar refractivity (Wildman–Crippen MR) is 83.1 cm³/mol. The van der Waals surface area contributed by atoms with Crippen molar-refractivity contribution in [3.63, 3.8) is 0 Å². The Morgan fingerprint density at radius 1 is 1.28 bits per heavy atom. The van der Waals surface area contributed by atoms with Crippen LogP contribution < -0.4 is 0 Å². The summed E-state index contributed by atoms with van der Waals surface area (Å²) in [6.07, 6.45) is 3.07. The molecule has 0 radical (unpaired) electrons. The molecule has 0 saturated heterocycles. The Balaban J connectivity index is 2.66. The van der Waals surface area contributed by atoms with Gasteiger partial charge < -0.3 is 4.74 Å². The summed E-state index contributed by atoms with van der Waals surface area (Å²) >= 11 is 2.42.